The highest BCUT2D eigenvalue weighted by molar-refractivity contribution is 7.13. The molecule has 1 saturated heterocycles. The summed E-state index contributed by atoms with van der Waals surface area (Å²) in [5, 5.41) is 10.4. The summed E-state index contributed by atoms with van der Waals surface area (Å²) in [6.07, 6.45) is 1.73. The Morgan fingerprint density at radius 2 is 1.92 bits per heavy atom. The Balaban J connectivity index is 1.38. The quantitative estimate of drug-likeness (QED) is 0.623. The number of benzene rings is 1. The van der Waals surface area contributed by atoms with E-state index in [1.54, 1.807) is 11.3 Å². The molecule has 5 nitrogen and oxygen atoms in total. The second kappa shape index (κ2) is 7.51. The second-order valence-electron chi connectivity index (χ2n) is 6.64. The van der Waals surface area contributed by atoms with E-state index in [1.807, 2.05) is 47.8 Å². The summed E-state index contributed by atoms with van der Waals surface area (Å²) in [6, 6.07) is 13.6. The Morgan fingerprint density at radius 3 is 2.62 bits per heavy atom. The minimum atomic E-state index is 0.0592. The summed E-state index contributed by atoms with van der Waals surface area (Å²) in [5.41, 5.74) is 0.816. The van der Waals surface area contributed by atoms with Crippen molar-refractivity contribution in [2.75, 3.05) is 13.1 Å². The van der Waals surface area contributed by atoms with E-state index >= 15 is 0 Å². The molecule has 6 heteroatoms. The van der Waals surface area contributed by atoms with Gasteiger partial charge >= 0.3 is 0 Å². The number of hydrogen-bond donors (Lipinski definition) is 0. The van der Waals surface area contributed by atoms with Gasteiger partial charge in [-0.15, -0.1) is 21.5 Å². The third kappa shape index (κ3) is 3.48. The van der Waals surface area contributed by atoms with Gasteiger partial charge < -0.3 is 4.42 Å². The smallest absolute Gasteiger partial charge is 0.257 e. The van der Waals surface area contributed by atoms with Crippen molar-refractivity contribution in [3.05, 3.63) is 59.3 Å². The number of likely N-dealkylation sites (tertiary alicyclic amines) is 1. The van der Waals surface area contributed by atoms with Gasteiger partial charge in [0.25, 0.3) is 5.89 Å². The molecule has 0 bridgehead atoms. The van der Waals surface area contributed by atoms with E-state index in [0.717, 1.165) is 36.4 Å². The van der Waals surface area contributed by atoms with E-state index in [2.05, 4.69) is 22.0 Å². The van der Waals surface area contributed by atoms with Crippen molar-refractivity contribution in [3.63, 3.8) is 0 Å². The molecule has 0 amide bonds. The molecule has 0 spiro atoms. The predicted molar refractivity (Wildman–Crippen MR) is 101 cm³/mol. The number of aromatic nitrogens is 2. The maximum absolute atomic E-state index is 12.6. The molecular formula is C20H21N3O2S. The highest BCUT2D eigenvalue weighted by Crippen LogP contribution is 2.30. The third-order valence-electron chi connectivity index (χ3n) is 5.04. The average molecular weight is 367 g/mol. The van der Waals surface area contributed by atoms with Gasteiger partial charge in [-0.05, 0) is 44.3 Å². The van der Waals surface area contributed by atoms with Crippen molar-refractivity contribution in [1.29, 1.82) is 0 Å². The van der Waals surface area contributed by atoms with Crippen LogP contribution in [0.25, 0.3) is 10.8 Å². The number of Topliss-reactive ketones (excluding diaryl/α,β-unsaturated/α-hetero) is 1. The van der Waals surface area contributed by atoms with Gasteiger partial charge in [0.2, 0.25) is 5.89 Å². The van der Waals surface area contributed by atoms with Gasteiger partial charge in [0.15, 0.2) is 5.78 Å². The van der Waals surface area contributed by atoms with E-state index in [-0.39, 0.29) is 17.7 Å². The summed E-state index contributed by atoms with van der Waals surface area (Å²) in [6.45, 7) is 3.81. The topological polar surface area (TPSA) is 59.2 Å². The Labute approximate surface area is 156 Å². The van der Waals surface area contributed by atoms with Gasteiger partial charge in [0.1, 0.15) is 0 Å². The zero-order chi connectivity index (χ0) is 17.9. The van der Waals surface area contributed by atoms with Crippen LogP contribution in [-0.4, -0.2) is 34.0 Å². The number of thiophene rings is 1. The van der Waals surface area contributed by atoms with Crippen LogP contribution >= 0.6 is 11.3 Å². The zero-order valence-electron chi connectivity index (χ0n) is 14.7. The van der Waals surface area contributed by atoms with Crippen molar-refractivity contribution in [2.24, 2.45) is 5.92 Å². The first-order valence-corrected chi connectivity index (χ1v) is 9.81. The van der Waals surface area contributed by atoms with Crippen LogP contribution in [-0.2, 0) is 0 Å². The monoisotopic (exact) mass is 367 g/mol. The summed E-state index contributed by atoms with van der Waals surface area (Å²) in [4.78, 5) is 15.9. The normalized spacial score (nSPS) is 17.3. The van der Waals surface area contributed by atoms with E-state index in [0.29, 0.717) is 11.8 Å². The molecule has 1 aromatic carbocycles. The van der Waals surface area contributed by atoms with E-state index in [9.17, 15) is 4.79 Å². The molecule has 26 heavy (non-hydrogen) atoms. The summed E-state index contributed by atoms with van der Waals surface area (Å²) in [5.74, 6) is 1.58. The molecule has 1 aliphatic heterocycles. The number of rotatable bonds is 5. The minimum absolute atomic E-state index is 0.0592. The molecular weight excluding hydrogens is 346 g/mol. The highest BCUT2D eigenvalue weighted by Gasteiger charge is 2.30. The first-order valence-electron chi connectivity index (χ1n) is 8.93. The van der Waals surface area contributed by atoms with Crippen LogP contribution in [0.3, 0.4) is 0 Å². The van der Waals surface area contributed by atoms with Crippen LogP contribution in [0.5, 0.6) is 0 Å². The molecule has 1 aliphatic rings. The molecule has 0 saturated carbocycles. The fraction of sp³-hybridized carbons (Fsp3) is 0.350. The zero-order valence-corrected chi connectivity index (χ0v) is 15.5. The number of nitrogens with zero attached hydrogens (tertiary/aromatic N) is 3. The molecule has 134 valence electrons. The van der Waals surface area contributed by atoms with Crippen LogP contribution in [0.2, 0.25) is 0 Å². The lowest BCUT2D eigenvalue weighted by Crippen LogP contribution is -2.38. The third-order valence-corrected chi connectivity index (χ3v) is 5.89. The number of hydrogen-bond acceptors (Lipinski definition) is 6. The Kier molecular flexibility index (Phi) is 4.95. The van der Waals surface area contributed by atoms with Crippen LogP contribution in [0, 0.1) is 5.92 Å². The lowest BCUT2D eigenvalue weighted by Gasteiger charge is -2.34. The number of carbonyl (C=O) groups excluding carboxylic acids is 1. The number of ketones is 1. The van der Waals surface area contributed by atoms with Crippen LogP contribution < -0.4 is 0 Å². The first-order chi connectivity index (χ1) is 12.7. The first kappa shape index (κ1) is 17.1. The molecule has 0 aliphatic carbocycles. The minimum Gasteiger partial charge on any atom is -0.418 e. The standard InChI is InChI=1S/C20H21N3O2S/c1-14(19-21-22-20(25-19)17-8-5-13-26-17)23-11-9-16(10-12-23)18(24)15-6-3-2-4-7-15/h2-8,13-14,16H,9-12H2,1H3/t14-/m1/s1. The lowest BCUT2D eigenvalue weighted by atomic mass is 9.88. The molecule has 0 radical (unpaired) electrons. The maximum atomic E-state index is 12.6. The molecule has 4 rings (SSSR count). The van der Waals surface area contributed by atoms with E-state index in [1.165, 1.54) is 0 Å². The van der Waals surface area contributed by atoms with Crippen molar-refractivity contribution >= 4 is 17.1 Å². The molecule has 2 aromatic heterocycles. The van der Waals surface area contributed by atoms with Crippen LogP contribution in [0.15, 0.2) is 52.3 Å². The maximum Gasteiger partial charge on any atom is 0.257 e. The SMILES string of the molecule is C[C@H](c1nnc(-c2cccs2)o1)N1CCC(C(=O)c2ccccc2)CC1. The van der Waals surface area contributed by atoms with Crippen molar-refractivity contribution in [2.45, 2.75) is 25.8 Å². The van der Waals surface area contributed by atoms with Crippen molar-refractivity contribution in [1.82, 2.24) is 15.1 Å². The average Bonchev–Trinajstić information content (AvgIpc) is 3.39. The van der Waals surface area contributed by atoms with E-state index < -0.39 is 0 Å². The van der Waals surface area contributed by atoms with Gasteiger partial charge in [-0.3, -0.25) is 9.69 Å². The van der Waals surface area contributed by atoms with Crippen LogP contribution in [0.4, 0.5) is 0 Å². The van der Waals surface area contributed by atoms with Gasteiger partial charge in [-0.2, -0.15) is 0 Å². The molecule has 1 atom stereocenters. The van der Waals surface area contributed by atoms with Gasteiger partial charge in [-0.1, -0.05) is 36.4 Å². The highest BCUT2D eigenvalue weighted by atomic mass is 32.1. The van der Waals surface area contributed by atoms with Gasteiger partial charge in [-0.25, -0.2) is 0 Å². The second-order valence-corrected chi connectivity index (χ2v) is 7.59. The molecule has 1 fully saturated rings. The molecule has 0 N–H and O–H groups in total. The number of piperidine rings is 1. The van der Waals surface area contributed by atoms with Crippen molar-refractivity contribution < 1.29 is 9.21 Å². The summed E-state index contributed by atoms with van der Waals surface area (Å²) < 4.78 is 5.87. The van der Waals surface area contributed by atoms with Crippen LogP contribution in [0.1, 0.15) is 42.1 Å². The Hall–Kier alpha value is -2.31. The summed E-state index contributed by atoms with van der Waals surface area (Å²) >= 11 is 1.59. The predicted octanol–water partition coefficient (Wildman–Crippen LogP) is 4.45. The Morgan fingerprint density at radius 1 is 1.15 bits per heavy atom. The van der Waals surface area contributed by atoms with Crippen molar-refractivity contribution in [3.8, 4) is 10.8 Å². The fourth-order valence-electron chi connectivity index (χ4n) is 3.45. The lowest BCUT2D eigenvalue weighted by molar-refractivity contribution is 0.0782. The van der Waals surface area contributed by atoms with E-state index in [4.69, 9.17) is 4.42 Å². The molecule has 3 aromatic rings. The Bertz CT molecular complexity index is 852. The molecule has 0 unspecified atom stereocenters. The summed E-state index contributed by atoms with van der Waals surface area (Å²) in [7, 11) is 0. The van der Waals surface area contributed by atoms with Gasteiger partial charge in [0, 0.05) is 11.5 Å². The fourth-order valence-corrected chi connectivity index (χ4v) is 4.09. The number of carbonyl (C=O) groups is 1. The largest absolute Gasteiger partial charge is 0.418 e. The van der Waals surface area contributed by atoms with Gasteiger partial charge in [0.05, 0.1) is 10.9 Å². The molecule has 3 heterocycles.